The van der Waals surface area contributed by atoms with Crippen molar-refractivity contribution < 1.29 is 4.39 Å². The Kier molecular flexibility index (Phi) is 5.02. The summed E-state index contributed by atoms with van der Waals surface area (Å²) >= 11 is 6.50. The molecule has 0 radical (unpaired) electrons. The van der Waals surface area contributed by atoms with Crippen LogP contribution in [0.4, 0.5) is 10.1 Å². The predicted octanol–water partition coefficient (Wildman–Crippen LogP) is 2.62. The molecule has 5 heteroatoms. The number of halogens is 1. The van der Waals surface area contributed by atoms with Gasteiger partial charge in [-0.3, -0.25) is 0 Å². The average molecular weight is 258 g/mol. The fourth-order valence-electron chi connectivity index (χ4n) is 1.34. The van der Waals surface area contributed by atoms with Crippen LogP contribution < -0.4 is 11.1 Å². The Morgan fingerprint density at radius 2 is 2.31 bits per heavy atom. The fourth-order valence-corrected chi connectivity index (χ4v) is 2.05. The lowest BCUT2D eigenvalue weighted by Crippen LogP contribution is -2.19. The lowest BCUT2D eigenvalue weighted by Gasteiger charge is -2.15. The summed E-state index contributed by atoms with van der Waals surface area (Å²) in [5, 5.41) is 3.10. The zero-order valence-corrected chi connectivity index (χ0v) is 10.9. The van der Waals surface area contributed by atoms with Crippen molar-refractivity contribution in [1.29, 1.82) is 0 Å². The number of nitrogens with two attached hydrogens (primary N) is 1. The number of thiocarbonyl (C=S) groups is 1. The summed E-state index contributed by atoms with van der Waals surface area (Å²) < 4.78 is 13.6. The van der Waals surface area contributed by atoms with E-state index in [0.717, 1.165) is 5.75 Å². The number of nitrogens with one attached hydrogen (secondary N) is 1. The Morgan fingerprint density at radius 1 is 1.62 bits per heavy atom. The molecule has 0 saturated heterocycles. The zero-order valence-electron chi connectivity index (χ0n) is 9.29. The monoisotopic (exact) mass is 258 g/mol. The molecule has 1 rings (SSSR count). The second-order valence-corrected chi connectivity index (χ2v) is 4.91. The van der Waals surface area contributed by atoms with Gasteiger partial charge in [0.25, 0.3) is 0 Å². The van der Waals surface area contributed by atoms with Crippen LogP contribution in [0.3, 0.4) is 0 Å². The van der Waals surface area contributed by atoms with E-state index in [9.17, 15) is 4.39 Å². The molecule has 0 saturated carbocycles. The molecular formula is C11H15FN2S2. The Bertz CT molecular complexity index is 382. The van der Waals surface area contributed by atoms with Gasteiger partial charge in [-0.25, -0.2) is 4.39 Å². The molecular weight excluding hydrogens is 243 g/mol. The normalized spacial score (nSPS) is 12.2. The maximum atomic E-state index is 13.6. The van der Waals surface area contributed by atoms with Crippen molar-refractivity contribution in [3.05, 3.63) is 29.6 Å². The molecule has 0 heterocycles. The van der Waals surface area contributed by atoms with Gasteiger partial charge in [0.05, 0.1) is 5.69 Å². The fraction of sp³-hybridized carbons (Fsp3) is 0.364. The minimum absolute atomic E-state index is 0.211. The summed E-state index contributed by atoms with van der Waals surface area (Å²) in [7, 11) is 0. The van der Waals surface area contributed by atoms with Crippen LogP contribution in [0.1, 0.15) is 12.5 Å². The lowest BCUT2D eigenvalue weighted by molar-refractivity contribution is 0.628. The highest BCUT2D eigenvalue weighted by molar-refractivity contribution is 7.98. The van der Waals surface area contributed by atoms with Gasteiger partial charge in [-0.1, -0.05) is 12.2 Å². The first-order chi connectivity index (χ1) is 7.54. The highest BCUT2D eigenvalue weighted by atomic mass is 32.2. The smallest absolute Gasteiger partial charge is 0.146 e. The maximum Gasteiger partial charge on any atom is 0.146 e. The molecule has 1 atom stereocenters. The third-order valence-corrected chi connectivity index (χ3v) is 3.14. The average Bonchev–Trinajstić information content (AvgIpc) is 2.21. The van der Waals surface area contributed by atoms with Crippen LogP contribution in [0.15, 0.2) is 18.2 Å². The summed E-state index contributed by atoms with van der Waals surface area (Å²) in [6, 6.07) is 4.97. The van der Waals surface area contributed by atoms with Crippen molar-refractivity contribution in [2.24, 2.45) is 5.73 Å². The molecule has 0 bridgehead atoms. The summed E-state index contributed by atoms with van der Waals surface area (Å²) in [5.41, 5.74) is 6.46. The van der Waals surface area contributed by atoms with E-state index in [1.165, 1.54) is 6.07 Å². The van der Waals surface area contributed by atoms with E-state index >= 15 is 0 Å². The molecule has 1 aromatic carbocycles. The Morgan fingerprint density at radius 3 is 2.81 bits per heavy atom. The SMILES string of the molecule is CSCC(C)Nc1ccc(C(N)=S)cc1F. The molecule has 1 aromatic rings. The number of anilines is 1. The topological polar surface area (TPSA) is 38.0 Å². The van der Waals surface area contributed by atoms with Crippen molar-refractivity contribution in [2.45, 2.75) is 13.0 Å². The molecule has 0 amide bonds. The molecule has 0 aromatic heterocycles. The second-order valence-electron chi connectivity index (χ2n) is 3.56. The van der Waals surface area contributed by atoms with Crippen molar-refractivity contribution in [2.75, 3.05) is 17.3 Å². The Labute approximate surface area is 105 Å². The van der Waals surface area contributed by atoms with Crippen LogP contribution in [0.5, 0.6) is 0 Å². The number of thioether (sulfide) groups is 1. The summed E-state index contributed by atoms with van der Waals surface area (Å²) in [6.07, 6.45) is 2.02. The standard InChI is InChI=1S/C11H15FN2S2/c1-7(6-16-2)14-10-4-3-8(11(13)15)5-9(10)12/h3-5,7,14H,6H2,1-2H3,(H2,13,15). The minimum atomic E-state index is -0.321. The van der Waals surface area contributed by atoms with E-state index < -0.39 is 0 Å². The van der Waals surface area contributed by atoms with Gasteiger partial charge in [0.2, 0.25) is 0 Å². The second kappa shape index (κ2) is 6.06. The molecule has 1 unspecified atom stereocenters. The van der Waals surface area contributed by atoms with Gasteiger partial charge >= 0.3 is 0 Å². The van der Waals surface area contributed by atoms with Gasteiger partial charge in [-0.15, -0.1) is 0 Å². The van der Waals surface area contributed by atoms with Crippen LogP contribution in [-0.4, -0.2) is 23.0 Å². The third kappa shape index (κ3) is 3.64. The van der Waals surface area contributed by atoms with Crippen LogP contribution in [-0.2, 0) is 0 Å². The first-order valence-corrected chi connectivity index (χ1v) is 6.69. The summed E-state index contributed by atoms with van der Waals surface area (Å²) in [5.74, 6) is 0.606. The van der Waals surface area contributed by atoms with E-state index in [1.54, 1.807) is 23.9 Å². The number of hydrogen-bond donors (Lipinski definition) is 2. The van der Waals surface area contributed by atoms with Crippen molar-refractivity contribution in [3.8, 4) is 0 Å². The molecule has 0 spiro atoms. The van der Waals surface area contributed by atoms with E-state index in [1.807, 2.05) is 13.2 Å². The number of hydrogen-bond acceptors (Lipinski definition) is 3. The number of rotatable bonds is 5. The van der Waals surface area contributed by atoms with Crippen LogP contribution in [0, 0.1) is 5.82 Å². The Hall–Kier alpha value is -0.810. The molecule has 0 aliphatic carbocycles. The molecule has 2 nitrogen and oxygen atoms in total. The minimum Gasteiger partial charge on any atom is -0.389 e. The molecule has 3 N–H and O–H groups in total. The summed E-state index contributed by atoms with van der Waals surface area (Å²) in [6.45, 7) is 2.01. The molecule has 0 aliphatic rings. The van der Waals surface area contributed by atoms with Gasteiger partial charge < -0.3 is 11.1 Å². The predicted molar refractivity (Wildman–Crippen MR) is 73.8 cm³/mol. The van der Waals surface area contributed by atoms with Gasteiger partial charge in [0, 0.05) is 17.4 Å². The molecule has 0 fully saturated rings. The largest absolute Gasteiger partial charge is 0.389 e. The summed E-state index contributed by atoms with van der Waals surface area (Å²) in [4.78, 5) is 0.211. The van der Waals surface area contributed by atoms with Crippen molar-refractivity contribution >= 4 is 34.7 Å². The maximum absolute atomic E-state index is 13.6. The van der Waals surface area contributed by atoms with E-state index in [2.05, 4.69) is 5.32 Å². The van der Waals surface area contributed by atoms with Gasteiger partial charge in [0.1, 0.15) is 10.8 Å². The quantitative estimate of drug-likeness (QED) is 0.796. The van der Waals surface area contributed by atoms with Crippen LogP contribution >= 0.6 is 24.0 Å². The van der Waals surface area contributed by atoms with Crippen LogP contribution in [0.25, 0.3) is 0 Å². The first-order valence-electron chi connectivity index (χ1n) is 4.89. The van der Waals surface area contributed by atoms with Gasteiger partial charge in [-0.05, 0) is 31.4 Å². The van der Waals surface area contributed by atoms with E-state index in [4.69, 9.17) is 18.0 Å². The van der Waals surface area contributed by atoms with Gasteiger partial charge in [0.15, 0.2) is 0 Å². The Balaban J connectivity index is 2.79. The third-order valence-electron chi connectivity index (χ3n) is 2.07. The van der Waals surface area contributed by atoms with Crippen LogP contribution in [0.2, 0.25) is 0 Å². The highest BCUT2D eigenvalue weighted by Crippen LogP contribution is 2.17. The van der Waals surface area contributed by atoms with Gasteiger partial charge in [-0.2, -0.15) is 11.8 Å². The first kappa shape index (κ1) is 13.3. The van der Waals surface area contributed by atoms with E-state index in [0.29, 0.717) is 11.3 Å². The van der Waals surface area contributed by atoms with Crippen molar-refractivity contribution in [3.63, 3.8) is 0 Å². The lowest BCUT2D eigenvalue weighted by atomic mass is 10.2. The van der Waals surface area contributed by atoms with E-state index in [-0.39, 0.29) is 16.8 Å². The zero-order chi connectivity index (χ0) is 12.1. The number of benzene rings is 1. The highest BCUT2D eigenvalue weighted by Gasteiger charge is 2.07. The van der Waals surface area contributed by atoms with Crippen molar-refractivity contribution in [1.82, 2.24) is 0 Å². The molecule has 16 heavy (non-hydrogen) atoms. The molecule has 0 aliphatic heterocycles. The molecule has 88 valence electrons.